The van der Waals surface area contributed by atoms with Crippen LogP contribution in [0.3, 0.4) is 0 Å². The molecule has 3 nitrogen and oxygen atoms in total. The average Bonchev–Trinajstić information content (AvgIpc) is 2.78. The van der Waals surface area contributed by atoms with E-state index in [2.05, 4.69) is 39.8 Å². The molecule has 0 aromatic heterocycles. The quantitative estimate of drug-likeness (QED) is 0.797. The summed E-state index contributed by atoms with van der Waals surface area (Å²) in [6, 6.07) is 8.21. The lowest BCUT2D eigenvalue weighted by Gasteiger charge is -2.20. The molecule has 18 heavy (non-hydrogen) atoms. The smallest absolute Gasteiger partial charge is 0.177 e. The Bertz CT molecular complexity index is 434. The van der Waals surface area contributed by atoms with Gasteiger partial charge in [0.2, 0.25) is 0 Å². The Hall–Kier alpha value is -0.710. The second kappa shape index (κ2) is 5.95. The molecule has 0 amide bonds. The summed E-state index contributed by atoms with van der Waals surface area (Å²) in [5.41, 5.74) is 0.783. The van der Waals surface area contributed by atoms with E-state index in [4.69, 9.17) is 0 Å². The monoisotopic (exact) mass is 310 g/mol. The summed E-state index contributed by atoms with van der Waals surface area (Å²) in [5, 5.41) is 0. The zero-order valence-electron chi connectivity index (χ0n) is 10.9. The number of Topliss-reactive ketones (excluding diaryl/α,β-unsaturated/α-hetero) is 1. The summed E-state index contributed by atoms with van der Waals surface area (Å²) < 4.78 is 0.887. The van der Waals surface area contributed by atoms with E-state index in [9.17, 15) is 4.79 Å². The van der Waals surface area contributed by atoms with Gasteiger partial charge in [0.1, 0.15) is 0 Å². The first-order valence-corrected chi connectivity index (χ1v) is 7.03. The van der Waals surface area contributed by atoms with E-state index in [0.29, 0.717) is 12.6 Å². The van der Waals surface area contributed by atoms with Crippen molar-refractivity contribution in [3.05, 3.63) is 34.3 Å². The van der Waals surface area contributed by atoms with Gasteiger partial charge in [0.15, 0.2) is 5.78 Å². The van der Waals surface area contributed by atoms with Crippen LogP contribution in [0, 0.1) is 0 Å². The maximum atomic E-state index is 12.2. The number of likely N-dealkylation sites (N-methyl/N-ethyl adjacent to an activating group) is 1. The zero-order chi connectivity index (χ0) is 13.1. The molecule has 1 fully saturated rings. The van der Waals surface area contributed by atoms with Crippen LogP contribution < -0.4 is 0 Å². The highest BCUT2D eigenvalue weighted by atomic mass is 79.9. The Balaban J connectivity index is 1.95. The zero-order valence-corrected chi connectivity index (χ0v) is 12.5. The molecule has 2 rings (SSSR count). The number of benzene rings is 1. The molecule has 1 aromatic carbocycles. The number of hydrogen-bond donors (Lipinski definition) is 0. The van der Waals surface area contributed by atoms with E-state index in [0.717, 1.165) is 29.5 Å². The van der Waals surface area contributed by atoms with Gasteiger partial charge < -0.3 is 4.90 Å². The first-order chi connectivity index (χ1) is 8.58. The number of halogens is 1. The lowest BCUT2D eigenvalue weighted by molar-refractivity contribution is 0.0940. The second-order valence-corrected chi connectivity index (χ2v) is 5.90. The summed E-state index contributed by atoms with van der Waals surface area (Å²) in [7, 11) is 4.20. The minimum absolute atomic E-state index is 0.196. The predicted molar refractivity (Wildman–Crippen MR) is 77.0 cm³/mol. The molecular weight excluding hydrogens is 292 g/mol. The Labute approximate surface area is 117 Å². The van der Waals surface area contributed by atoms with Crippen molar-refractivity contribution < 1.29 is 4.79 Å². The molecule has 1 heterocycles. The third-order valence-corrected chi connectivity index (χ3v) is 4.21. The number of rotatable bonds is 4. The van der Waals surface area contributed by atoms with Gasteiger partial charge in [-0.2, -0.15) is 0 Å². The number of likely N-dealkylation sites (tertiary alicyclic amines) is 1. The van der Waals surface area contributed by atoms with Crippen LogP contribution in [-0.2, 0) is 0 Å². The molecule has 1 saturated heterocycles. The highest BCUT2D eigenvalue weighted by Gasteiger charge is 2.25. The van der Waals surface area contributed by atoms with Gasteiger partial charge in [0, 0.05) is 29.2 Å². The van der Waals surface area contributed by atoms with E-state index in [1.165, 1.54) is 0 Å². The first kappa shape index (κ1) is 13.7. The minimum Gasteiger partial charge on any atom is -0.305 e. The third kappa shape index (κ3) is 3.19. The first-order valence-electron chi connectivity index (χ1n) is 6.24. The van der Waals surface area contributed by atoms with Crippen LogP contribution in [0.15, 0.2) is 28.7 Å². The van der Waals surface area contributed by atoms with Crippen LogP contribution in [-0.4, -0.2) is 55.4 Å². The molecule has 0 saturated carbocycles. The molecule has 0 N–H and O–H groups in total. The number of hydrogen-bond acceptors (Lipinski definition) is 3. The van der Waals surface area contributed by atoms with Crippen LogP contribution in [0.5, 0.6) is 0 Å². The van der Waals surface area contributed by atoms with E-state index in [-0.39, 0.29) is 5.78 Å². The fraction of sp³-hybridized carbons (Fsp3) is 0.500. The van der Waals surface area contributed by atoms with Crippen molar-refractivity contribution in [1.29, 1.82) is 0 Å². The molecule has 0 aliphatic carbocycles. The molecule has 0 radical (unpaired) electrons. The standard InChI is InChI=1S/C14H19BrN2O/c1-16(2)11-7-8-17(9-11)10-14(18)12-5-3-4-6-13(12)15/h3-6,11H,7-10H2,1-2H3. The highest BCUT2D eigenvalue weighted by Crippen LogP contribution is 2.18. The molecule has 1 aromatic rings. The second-order valence-electron chi connectivity index (χ2n) is 5.04. The highest BCUT2D eigenvalue weighted by molar-refractivity contribution is 9.10. The Morgan fingerprint density at radius 2 is 2.17 bits per heavy atom. The summed E-state index contributed by atoms with van der Waals surface area (Å²) >= 11 is 3.43. The van der Waals surface area contributed by atoms with Crippen molar-refractivity contribution in [2.45, 2.75) is 12.5 Å². The lowest BCUT2D eigenvalue weighted by Crippen LogP contribution is -2.33. The van der Waals surface area contributed by atoms with Gasteiger partial charge in [-0.3, -0.25) is 9.69 Å². The molecule has 0 bridgehead atoms. The van der Waals surface area contributed by atoms with E-state index in [1.54, 1.807) is 0 Å². The van der Waals surface area contributed by atoms with Gasteiger partial charge >= 0.3 is 0 Å². The van der Waals surface area contributed by atoms with E-state index in [1.807, 2.05) is 24.3 Å². The van der Waals surface area contributed by atoms with Crippen molar-refractivity contribution in [2.24, 2.45) is 0 Å². The largest absolute Gasteiger partial charge is 0.305 e. The summed E-state index contributed by atoms with van der Waals surface area (Å²) in [6.45, 7) is 2.52. The number of carbonyl (C=O) groups is 1. The van der Waals surface area contributed by atoms with E-state index >= 15 is 0 Å². The van der Waals surface area contributed by atoms with Crippen molar-refractivity contribution in [3.63, 3.8) is 0 Å². The minimum atomic E-state index is 0.196. The fourth-order valence-electron chi connectivity index (χ4n) is 2.35. The maximum Gasteiger partial charge on any atom is 0.177 e. The fourth-order valence-corrected chi connectivity index (χ4v) is 2.86. The van der Waals surface area contributed by atoms with Crippen molar-refractivity contribution in [3.8, 4) is 0 Å². The maximum absolute atomic E-state index is 12.2. The van der Waals surface area contributed by atoms with Crippen LogP contribution in [0.1, 0.15) is 16.8 Å². The Morgan fingerprint density at radius 3 is 2.78 bits per heavy atom. The molecule has 1 aliphatic rings. The van der Waals surface area contributed by atoms with Crippen LogP contribution in [0.25, 0.3) is 0 Å². The van der Waals surface area contributed by atoms with Crippen molar-refractivity contribution in [2.75, 3.05) is 33.7 Å². The molecule has 1 atom stereocenters. The van der Waals surface area contributed by atoms with Gasteiger partial charge in [-0.25, -0.2) is 0 Å². The molecule has 1 unspecified atom stereocenters. The van der Waals surface area contributed by atoms with Gasteiger partial charge in [-0.05, 0) is 26.6 Å². The average molecular weight is 311 g/mol. The molecule has 1 aliphatic heterocycles. The van der Waals surface area contributed by atoms with E-state index < -0.39 is 0 Å². The van der Waals surface area contributed by atoms with Crippen molar-refractivity contribution in [1.82, 2.24) is 9.80 Å². The molecule has 98 valence electrons. The SMILES string of the molecule is CN(C)C1CCN(CC(=O)c2ccccc2Br)C1. The van der Waals surface area contributed by atoms with Crippen LogP contribution >= 0.6 is 15.9 Å². The van der Waals surface area contributed by atoms with Crippen molar-refractivity contribution >= 4 is 21.7 Å². The molecular formula is C14H19BrN2O. The third-order valence-electron chi connectivity index (χ3n) is 3.52. The van der Waals surface area contributed by atoms with Crippen LogP contribution in [0.4, 0.5) is 0 Å². The summed E-state index contributed by atoms with van der Waals surface area (Å²) in [5.74, 6) is 0.196. The molecule has 4 heteroatoms. The molecule has 0 spiro atoms. The number of ketones is 1. The summed E-state index contributed by atoms with van der Waals surface area (Å²) in [4.78, 5) is 16.7. The van der Waals surface area contributed by atoms with Gasteiger partial charge in [-0.1, -0.05) is 34.1 Å². The van der Waals surface area contributed by atoms with Gasteiger partial charge in [0.05, 0.1) is 6.54 Å². The Kier molecular flexibility index (Phi) is 4.54. The summed E-state index contributed by atoms with van der Waals surface area (Å²) in [6.07, 6.45) is 1.15. The Morgan fingerprint density at radius 1 is 1.44 bits per heavy atom. The van der Waals surface area contributed by atoms with Crippen LogP contribution in [0.2, 0.25) is 0 Å². The normalized spacial score (nSPS) is 20.6. The predicted octanol–water partition coefficient (Wildman–Crippen LogP) is 2.27. The van der Waals surface area contributed by atoms with Gasteiger partial charge in [0.25, 0.3) is 0 Å². The lowest BCUT2D eigenvalue weighted by atomic mass is 10.1. The van der Waals surface area contributed by atoms with Gasteiger partial charge in [-0.15, -0.1) is 0 Å². The topological polar surface area (TPSA) is 23.6 Å². The number of nitrogens with zero attached hydrogens (tertiary/aromatic N) is 2. The number of carbonyl (C=O) groups excluding carboxylic acids is 1.